The van der Waals surface area contributed by atoms with Crippen molar-refractivity contribution in [1.82, 2.24) is 18.7 Å². The van der Waals surface area contributed by atoms with Gasteiger partial charge in [0.25, 0.3) is 10.1 Å². The van der Waals surface area contributed by atoms with Gasteiger partial charge in [-0.2, -0.15) is 8.42 Å². The van der Waals surface area contributed by atoms with Gasteiger partial charge in [-0.05, 0) is 75.1 Å². The van der Waals surface area contributed by atoms with Crippen molar-refractivity contribution in [3.05, 3.63) is 93.2 Å². The average molecular weight is 610 g/mol. The van der Waals surface area contributed by atoms with Crippen molar-refractivity contribution in [2.45, 2.75) is 56.6 Å². The second-order valence-electron chi connectivity index (χ2n) is 10.1. The lowest BCUT2D eigenvalue weighted by Crippen LogP contribution is -2.25. The molecule has 1 aliphatic rings. The topological polar surface area (TPSA) is 88.1 Å². The Balaban J connectivity index is 1.23. The van der Waals surface area contributed by atoms with Crippen LogP contribution in [-0.2, 0) is 27.4 Å². The van der Waals surface area contributed by atoms with Crippen LogP contribution in [0.2, 0.25) is 0 Å². The summed E-state index contributed by atoms with van der Waals surface area (Å²) in [6, 6.07) is 17.1. The molecule has 5 aromatic rings. The largest absolute Gasteiger partial charge is 0.343 e. The average Bonchev–Trinajstić information content (AvgIpc) is 3.64. The van der Waals surface area contributed by atoms with Crippen LogP contribution in [0, 0.1) is 6.92 Å². The minimum atomic E-state index is -3.78. The first-order valence-electron chi connectivity index (χ1n) is 13.1. The Morgan fingerprint density at radius 1 is 0.974 bits per heavy atom. The quantitative estimate of drug-likeness (QED) is 0.148. The van der Waals surface area contributed by atoms with Crippen LogP contribution in [0.1, 0.15) is 43.0 Å². The van der Waals surface area contributed by atoms with Crippen LogP contribution in [0.25, 0.3) is 21.9 Å². The van der Waals surface area contributed by atoms with Crippen LogP contribution in [0.15, 0.2) is 81.2 Å². The van der Waals surface area contributed by atoms with E-state index >= 15 is 0 Å². The Bertz CT molecular complexity index is 1830. The zero-order valence-corrected chi connectivity index (χ0v) is 24.0. The summed E-state index contributed by atoms with van der Waals surface area (Å²) in [5, 5.41) is 1.08. The van der Waals surface area contributed by atoms with Gasteiger partial charge in [-0.25, -0.2) is 4.79 Å². The number of aromatic nitrogens is 4. The molecule has 0 atom stereocenters. The molecule has 0 N–H and O–H groups in total. The number of imidazole rings is 1. The molecular weight excluding hydrogens is 580 g/mol. The van der Waals surface area contributed by atoms with Gasteiger partial charge in [0.2, 0.25) is 0 Å². The fourth-order valence-electron chi connectivity index (χ4n) is 5.13. The molecule has 3 heterocycles. The van der Waals surface area contributed by atoms with Crippen LogP contribution in [0.4, 0.5) is 0 Å². The first kappa shape index (κ1) is 26.0. The molecule has 0 radical (unpaired) electrons. The number of benzene rings is 2. The van der Waals surface area contributed by atoms with Crippen molar-refractivity contribution in [1.29, 1.82) is 0 Å². The van der Waals surface area contributed by atoms with E-state index in [1.54, 1.807) is 36.7 Å². The smallest absolute Gasteiger partial charge is 0.329 e. The Morgan fingerprint density at radius 2 is 1.77 bits per heavy atom. The van der Waals surface area contributed by atoms with Gasteiger partial charge in [0, 0.05) is 39.9 Å². The van der Waals surface area contributed by atoms with Gasteiger partial charge in [0.15, 0.2) is 0 Å². The predicted octanol–water partition coefficient (Wildman–Crippen LogP) is 5.79. The molecule has 0 unspecified atom stereocenters. The number of hydrogen-bond acceptors (Lipinski definition) is 5. The number of hydrogen-bond donors (Lipinski definition) is 0. The minimum absolute atomic E-state index is 0.00630. The molecule has 2 aromatic carbocycles. The highest BCUT2D eigenvalue weighted by atomic mass is 79.9. The lowest BCUT2D eigenvalue weighted by atomic mass is 10.2. The zero-order chi connectivity index (χ0) is 27.1. The van der Waals surface area contributed by atoms with Crippen molar-refractivity contribution in [3.63, 3.8) is 0 Å². The molecule has 1 aliphatic carbocycles. The molecule has 8 nitrogen and oxygen atoms in total. The summed E-state index contributed by atoms with van der Waals surface area (Å²) < 4.78 is 37.3. The number of nitrogens with zero attached hydrogens (tertiary/aromatic N) is 4. The molecule has 1 saturated carbocycles. The molecule has 202 valence electrons. The van der Waals surface area contributed by atoms with E-state index in [2.05, 4.69) is 43.7 Å². The standard InChI is InChI=1S/C29H29BrN4O4S/c1-20-4-9-25(10-5-20)39(36,37)38-15-3-2-14-32-24(17-21-16-22(30)6-11-26(21)32)19-33-28-18-31-13-12-27(28)34(29(33)35)23-7-8-23/h4-6,9-13,16-18,23H,2-3,7-8,14-15,19H2,1H3. The maximum absolute atomic E-state index is 13.5. The first-order valence-corrected chi connectivity index (χ1v) is 15.3. The minimum Gasteiger partial charge on any atom is -0.343 e. The molecule has 0 bridgehead atoms. The Kier molecular flexibility index (Phi) is 6.95. The Hall–Kier alpha value is -3.21. The summed E-state index contributed by atoms with van der Waals surface area (Å²) in [7, 11) is -3.78. The van der Waals surface area contributed by atoms with Crippen molar-refractivity contribution < 1.29 is 12.6 Å². The molecule has 0 spiro atoms. The summed E-state index contributed by atoms with van der Waals surface area (Å²) in [4.78, 5) is 18.0. The third kappa shape index (κ3) is 5.20. The van der Waals surface area contributed by atoms with Gasteiger partial charge < -0.3 is 4.57 Å². The lowest BCUT2D eigenvalue weighted by Gasteiger charge is -2.12. The normalized spacial score (nSPS) is 14.0. The van der Waals surface area contributed by atoms with E-state index < -0.39 is 10.1 Å². The van der Waals surface area contributed by atoms with Crippen molar-refractivity contribution in [2.24, 2.45) is 0 Å². The van der Waals surface area contributed by atoms with Gasteiger partial charge in [0.05, 0.1) is 35.3 Å². The fraction of sp³-hybridized carbons (Fsp3) is 0.310. The lowest BCUT2D eigenvalue weighted by molar-refractivity contribution is 0.305. The van der Waals surface area contributed by atoms with Gasteiger partial charge in [0.1, 0.15) is 0 Å². The van der Waals surface area contributed by atoms with Gasteiger partial charge >= 0.3 is 5.69 Å². The molecule has 39 heavy (non-hydrogen) atoms. The third-order valence-electron chi connectivity index (χ3n) is 7.27. The number of rotatable bonds is 10. The van der Waals surface area contributed by atoms with Crippen LogP contribution in [0.5, 0.6) is 0 Å². The molecule has 1 fully saturated rings. The monoisotopic (exact) mass is 608 g/mol. The fourth-order valence-corrected chi connectivity index (χ4v) is 6.46. The number of fused-ring (bicyclic) bond motifs is 2. The first-order chi connectivity index (χ1) is 18.8. The predicted molar refractivity (Wildman–Crippen MR) is 155 cm³/mol. The second-order valence-corrected chi connectivity index (χ2v) is 12.7. The summed E-state index contributed by atoms with van der Waals surface area (Å²) >= 11 is 3.57. The SMILES string of the molecule is Cc1ccc(S(=O)(=O)OCCCCn2c(Cn3c(=O)n(C4CC4)c4ccncc43)cc3cc(Br)ccc32)cc1. The molecule has 0 aliphatic heterocycles. The molecule has 6 rings (SSSR count). The third-order valence-corrected chi connectivity index (χ3v) is 9.09. The Labute approximate surface area is 235 Å². The highest BCUT2D eigenvalue weighted by Gasteiger charge is 2.29. The van der Waals surface area contributed by atoms with Crippen LogP contribution in [0.3, 0.4) is 0 Å². The van der Waals surface area contributed by atoms with E-state index in [9.17, 15) is 13.2 Å². The molecule has 3 aromatic heterocycles. The van der Waals surface area contributed by atoms with Crippen molar-refractivity contribution in [3.8, 4) is 0 Å². The molecular formula is C29H29BrN4O4S. The number of unbranched alkanes of at least 4 members (excludes halogenated alkanes) is 1. The summed E-state index contributed by atoms with van der Waals surface area (Å²) in [5.41, 5.74) is 4.83. The number of halogens is 1. The van der Waals surface area contributed by atoms with Gasteiger partial charge in [-0.1, -0.05) is 33.6 Å². The molecule has 10 heteroatoms. The maximum Gasteiger partial charge on any atom is 0.329 e. The van der Waals surface area contributed by atoms with Crippen LogP contribution in [-0.4, -0.2) is 33.7 Å². The van der Waals surface area contributed by atoms with Gasteiger partial charge in [-0.15, -0.1) is 0 Å². The highest BCUT2D eigenvalue weighted by molar-refractivity contribution is 9.10. The van der Waals surface area contributed by atoms with Crippen molar-refractivity contribution in [2.75, 3.05) is 6.61 Å². The van der Waals surface area contributed by atoms with Crippen molar-refractivity contribution >= 4 is 48.0 Å². The second kappa shape index (κ2) is 10.4. The Morgan fingerprint density at radius 3 is 2.54 bits per heavy atom. The number of pyridine rings is 1. The van der Waals surface area contributed by atoms with E-state index in [1.165, 1.54) is 0 Å². The van der Waals surface area contributed by atoms with E-state index in [4.69, 9.17) is 4.18 Å². The van der Waals surface area contributed by atoms with E-state index in [1.807, 2.05) is 28.2 Å². The molecule has 0 amide bonds. The maximum atomic E-state index is 13.5. The van der Waals surface area contributed by atoms with Crippen LogP contribution < -0.4 is 5.69 Å². The summed E-state index contributed by atoms with van der Waals surface area (Å²) in [6.07, 6.45) is 6.85. The van der Waals surface area contributed by atoms with E-state index in [0.29, 0.717) is 19.5 Å². The van der Waals surface area contributed by atoms with Crippen LogP contribution >= 0.6 is 15.9 Å². The van der Waals surface area contributed by atoms with Gasteiger partial charge in [-0.3, -0.25) is 18.3 Å². The molecule has 0 saturated heterocycles. The summed E-state index contributed by atoms with van der Waals surface area (Å²) in [6.45, 7) is 3.11. The van der Waals surface area contributed by atoms with E-state index in [0.717, 1.165) is 56.9 Å². The summed E-state index contributed by atoms with van der Waals surface area (Å²) in [5.74, 6) is 0. The van der Waals surface area contributed by atoms with E-state index in [-0.39, 0.29) is 23.2 Å². The highest BCUT2D eigenvalue weighted by Crippen LogP contribution is 2.36. The zero-order valence-electron chi connectivity index (χ0n) is 21.6. The number of aryl methyl sites for hydroxylation is 2.